The van der Waals surface area contributed by atoms with Gasteiger partial charge in [0, 0.05) is 31.7 Å². The standard InChI is InChI=1S/C15H20ClF3N2O/c1-2-6-20-7-9-21(10-8-20)12-5-3-4-11(13(12)16)14(22)15(17,18)19/h3-5,14,22H,2,6-10H2,1H3. The fraction of sp³-hybridized carbons (Fsp3) is 0.600. The number of aliphatic hydroxyl groups is 1. The summed E-state index contributed by atoms with van der Waals surface area (Å²) < 4.78 is 38.1. The molecule has 1 atom stereocenters. The van der Waals surface area contributed by atoms with Crippen LogP contribution in [0.5, 0.6) is 0 Å². The molecule has 124 valence electrons. The molecule has 0 bridgehead atoms. The third kappa shape index (κ3) is 3.86. The number of halogens is 4. The second kappa shape index (κ2) is 7.06. The fourth-order valence-electron chi connectivity index (χ4n) is 2.70. The number of piperazine rings is 1. The molecule has 0 saturated carbocycles. The van der Waals surface area contributed by atoms with Gasteiger partial charge in [-0.2, -0.15) is 13.2 Å². The molecule has 1 aliphatic heterocycles. The highest BCUT2D eigenvalue weighted by Gasteiger charge is 2.41. The van der Waals surface area contributed by atoms with Crippen molar-refractivity contribution in [3.8, 4) is 0 Å². The second-order valence-corrected chi connectivity index (χ2v) is 5.83. The molecule has 0 aromatic heterocycles. The van der Waals surface area contributed by atoms with E-state index in [4.69, 9.17) is 11.6 Å². The molecule has 1 aromatic carbocycles. The third-order valence-electron chi connectivity index (χ3n) is 3.87. The van der Waals surface area contributed by atoms with E-state index >= 15 is 0 Å². The van der Waals surface area contributed by atoms with Gasteiger partial charge in [0.15, 0.2) is 6.10 Å². The number of nitrogens with zero attached hydrogens (tertiary/aromatic N) is 2. The summed E-state index contributed by atoms with van der Waals surface area (Å²) in [6, 6.07) is 4.42. The van der Waals surface area contributed by atoms with Crippen molar-refractivity contribution in [3.05, 3.63) is 28.8 Å². The topological polar surface area (TPSA) is 26.7 Å². The van der Waals surface area contributed by atoms with Crippen LogP contribution in [0.4, 0.5) is 18.9 Å². The molecule has 1 fully saturated rings. The molecule has 3 nitrogen and oxygen atoms in total. The van der Waals surface area contributed by atoms with Crippen LogP contribution < -0.4 is 4.90 Å². The van der Waals surface area contributed by atoms with Crippen LogP contribution in [0.25, 0.3) is 0 Å². The van der Waals surface area contributed by atoms with Crippen molar-refractivity contribution < 1.29 is 18.3 Å². The molecule has 1 aromatic rings. The van der Waals surface area contributed by atoms with Gasteiger partial charge in [0.25, 0.3) is 0 Å². The monoisotopic (exact) mass is 336 g/mol. The predicted molar refractivity (Wildman–Crippen MR) is 81.4 cm³/mol. The van der Waals surface area contributed by atoms with E-state index < -0.39 is 12.3 Å². The van der Waals surface area contributed by atoms with E-state index in [1.165, 1.54) is 12.1 Å². The number of aliphatic hydroxyl groups excluding tert-OH is 1. The third-order valence-corrected chi connectivity index (χ3v) is 4.28. The quantitative estimate of drug-likeness (QED) is 0.912. The van der Waals surface area contributed by atoms with E-state index in [9.17, 15) is 18.3 Å². The van der Waals surface area contributed by atoms with Crippen molar-refractivity contribution in [2.45, 2.75) is 25.6 Å². The zero-order valence-corrected chi connectivity index (χ0v) is 13.2. The summed E-state index contributed by atoms with van der Waals surface area (Å²) in [4.78, 5) is 4.29. The molecule has 22 heavy (non-hydrogen) atoms. The largest absolute Gasteiger partial charge is 0.418 e. The molecule has 0 aliphatic carbocycles. The summed E-state index contributed by atoms with van der Waals surface area (Å²) in [6.45, 7) is 6.28. The lowest BCUT2D eigenvalue weighted by molar-refractivity contribution is -0.206. The first kappa shape index (κ1) is 17.4. The van der Waals surface area contributed by atoms with Crippen LogP contribution in [0.1, 0.15) is 25.0 Å². The van der Waals surface area contributed by atoms with Crippen molar-refractivity contribution in [2.24, 2.45) is 0 Å². The lowest BCUT2D eigenvalue weighted by Crippen LogP contribution is -2.46. The molecule has 2 rings (SSSR count). The molecule has 7 heteroatoms. The van der Waals surface area contributed by atoms with E-state index in [0.717, 1.165) is 26.1 Å². The van der Waals surface area contributed by atoms with Crippen molar-refractivity contribution in [1.82, 2.24) is 4.90 Å². The summed E-state index contributed by atoms with van der Waals surface area (Å²) in [6.07, 6.45) is -6.20. The summed E-state index contributed by atoms with van der Waals surface area (Å²) in [5.74, 6) is 0. The first-order chi connectivity index (χ1) is 10.3. The molecule has 0 amide bonds. The maximum Gasteiger partial charge on any atom is 0.418 e. The average molecular weight is 337 g/mol. The minimum absolute atomic E-state index is 0.0173. The maximum atomic E-state index is 12.7. The lowest BCUT2D eigenvalue weighted by atomic mass is 10.1. The Morgan fingerprint density at radius 1 is 1.23 bits per heavy atom. The van der Waals surface area contributed by atoms with Crippen LogP contribution in [0.15, 0.2) is 18.2 Å². The van der Waals surface area contributed by atoms with E-state index in [1.807, 2.05) is 4.90 Å². The zero-order valence-electron chi connectivity index (χ0n) is 12.4. The number of benzene rings is 1. The minimum Gasteiger partial charge on any atom is -0.379 e. The Bertz CT molecular complexity index is 502. The van der Waals surface area contributed by atoms with Gasteiger partial charge < -0.3 is 10.0 Å². The minimum atomic E-state index is -4.72. The van der Waals surface area contributed by atoms with Crippen molar-refractivity contribution in [2.75, 3.05) is 37.6 Å². The molecule has 0 radical (unpaired) electrons. The number of hydrogen-bond donors (Lipinski definition) is 1. The highest BCUT2D eigenvalue weighted by Crippen LogP contribution is 2.39. The Morgan fingerprint density at radius 2 is 1.86 bits per heavy atom. The molecular formula is C15H20ClF3N2O. The van der Waals surface area contributed by atoms with Crippen molar-refractivity contribution in [1.29, 1.82) is 0 Å². The Hall–Kier alpha value is -0.980. The van der Waals surface area contributed by atoms with Gasteiger partial charge >= 0.3 is 6.18 Å². The normalized spacial score (nSPS) is 18.5. The Labute approximate surface area is 133 Å². The van der Waals surface area contributed by atoms with Crippen LogP contribution >= 0.6 is 11.6 Å². The van der Waals surface area contributed by atoms with Gasteiger partial charge in [-0.1, -0.05) is 30.7 Å². The predicted octanol–water partition coefficient (Wildman–Crippen LogP) is 3.47. The molecular weight excluding hydrogens is 317 g/mol. The first-order valence-corrected chi connectivity index (χ1v) is 7.73. The smallest absolute Gasteiger partial charge is 0.379 e. The fourth-order valence-corrected chi connectivity index (χ4v) is 3.05. The average Bonchev–Trinajstić information content (AvgIpc) is 2.47. The van der Waals surface area contributed by atoms with E-state index in [1.54, 1.807) is 6.07 Å². The summed E-state index contributed by atoms with van der Waals surface area (Å²) in [7, 11) is 0. The number of anilines is 1. The molecule has 1 aliphatic rings. The molecule has 1 unspecified atom stereocenters. The molecule has 1 saturated heterocycles. The van der Waals surface area contributed by atoms with Crippen molar-refractivity contribution >= 4 is 17.3 Å². The highest BCUT2D eigenvalue weighted by molar-refractivity contribution is 6.34. The van der Waals surface area contributed by atoms with Gasteiger partial charge in [-0.05, 0) is 19.0 Å². The van der Waals surface area contributed by atoms with E-state index in [0.29, 0.717) is 18.8 Å². The van der Waals surface area contributed by atoms with Gasteiger partial charge in [0.05, 0.1) is 10.7 Å². The van der Waals surface area contributed by atoms with E-state index in [-0.39, 0.29) is 10.6 Å². The van der Waals surface area contributed by atoms with Crippen LogP contribution in [-0.2, 0) is 0 Å². The molecule has 1 heterocycles. The summed E-state index contributed by atoms with van der Waals surface area (Å²) >= 11 is 6.13. The van der Waals surface area contributed by atoms with Gasteiger partial charge in [-0.15, -0.1) is 0 Å². The summed E-state index contributed by atoms with van der Waals surface area (Å²) in [5, 5.41) is 9.42. The lowest BCUT2D eigenvalue weighted by Gasteiger charge is -2.36. The summed E-state index contributed by atoms with van der Waals surface area (Å²) in [5.41, 5.74) is 0.265. The maximum absolute atomic E-state index is 12.7. The Kier molecular flexibility index (Phi) is 5.58. The van der Waals surface area contributed by atoms with E-state index in [2.05, 4.69) is 11.8 Å². The molecule has 0 spiro atoms. The van der Waals surface area contributed by atoms with Crippen molar-refractivity contribution in [3.63, 3.8) is 0 Å². The SMILES string of the molecule is CCCN1CCN(c2cccc(C(O)C(F)(F)F)c2Cl)CC1. The van der Waals surface area contributed by atoms with Gasteiger partial charge in [-0.25, -0.2) is 0 Å². The van der Waals surface area contributed by atoms with Gasteiger partial charge in [0.2, 0.25) is 0 Å². The number of hydrogen-bond acceptors (Lipinski definition) is 3. The zero-order chi connectivity index (χ0) is 16.3. The van der Waals surface area contributed by atoms with Gasteiger partial charge in [0.1, 0.15) is 0 Å². The molecule has 1 N–H and O–H groups in total. The Balaban J connectivity index is 2.16. The highest BCUT2D eigenvalue weighted by atomic mass is 35.5. The van der Waals surface area contributed by atoms with Crippen LogP contribution in [0.3, 0.4) is 0 Å². The van der Waals surface area contributed by atoms with Crippen LogP contribution in [-0.4, -0.2) is 48.9 Å². The Morgan fingerprint density at radius 3 is 2.41 bits per heavy atom. The first-order valence-electron chi connectivity index (χ1n) is 7.35. The van der Waals surface area contributed by atoms with Crippen LogP contribution in [0.2, 0.25) is 5.02 Å². The number of rotatable bonds is 4. The van der Waals surface area contributed by atoms with Gasteiger partial charge in [-0.3, -0.25) is 4.90 Å². The number of alkyl halides is 3. The van der Waals surface area contributed by atoms with Crippen LogP contribution in [0, 0.1) is 0 Å². The second-order valence-electron chi connectivity index (χ2n) is 5.45.